The van der Waals surface area contributed by atoms with E-state index in [1.165, 1.54) is 5.56 Å². The van der Waals surface area contributed by atoms with Gasteiger partial charge in [-0.3, -0.25) is 0 Å². The van der Waals surface area contributed by atoms with Crippen LogP contribution in [0.25, 0.3) is 0 Å². The van der Waals surface area contributed by atoms with Crippen molar-refractivity contribution in [2.45, 2.75) is 83.5 Å². The van der Waals surface area contributed by atoms with E-state index in [-0.39, 0.29) is 12.1 Å². The molecule has 1 aliphatic rings. The number of benzene rings is 1. The molecule has 1 aromatic rings. The van der Waals surface area contributed by atoms with Crippen LogP contribution in [0.4, 0.5) is 4.79 Å². The van der Waals surface area contributed by atoms with Gasteiger partial charge in [-0.1, -0.05) is 30.3 Å². The number of rotatable bonds is 6. The van der Waals surface area contributed by atoms with Crippen LogP contribution < -0.4 is 10.6 Å². The summed E-state index contributed by atoms with van der Waals surface area (Å²) in [7, 11) is 0. The van der Waals surface area contributed by atoms with Crippen LogP contribution >= 0.6 is 0 Å². The number of hydrogen-bond acceptors (Lipinski definition) is 3. The molecule has 1 saturated carbocycles. The van der Waals surface area contributed by atoms with Crippen LogP contribution in [-0.2, 0) is 11.2 Å². The van der Waals surface area contributed by atoms with Gasteiger partial charge >= 0.3 is 6.09 Å². The quantitative estimate of drug-likeness (QED) is 0.826. The van der Waals surface area contributed by atoms with Crippen molar-refractivity contribution in [2.24, 2.45) is 0 Å². The van der Waals surface area contributed by atoms with Crippen LogP contribution in [0, 0.1) is 0 Å². The van der Waals surface area contributed by atoms with E-state index in [9.17, 15) is 4.79 Å². The van der Waals surface area contributed by atoms with Gasteiger partial charge in [-0.15, -0.1) is 0 Å². The van der Waals surface area contributed by atoms with E-state index in [0.717, 1.165) is 32.1 Å². The molecule has 4 nitrogen and oxygen atoms in total. The zero-order valence-electron chi connectivity index (χ0n) is 15.5. The Balaban J connectivity index is 1.66. The predicted octanol–water partition coefficient (Wildman–Crippen LogP) is 4.04. The minimum atomic E-state index is -0.438. The second-order valence-corrected chi connectivity index (χ2v) is 7.95. The Labute approximate surface area is 146 Å². The van der Waals surface area contributed by atoms with Crippen LogP contribution in [0.3, 0.4) is 0 Å². The minimum absolute atomic E-state index is 0.221. The fraction of sp³-hybridized carbons (Fsp3) is 0.650. The lowest BCUT2D eigenvalue weighted by molar-refractivity contribution is 0.0505. The van der Waals surface area contributed by atoms with Gasteiger partial charge in [0.1, 0.15) is 5.60 Å². The lowest BCUT2D eigenvalue weighted by Crippen LogP contribution is -2.40. The molecule has 0 aliphatic heterocycles. The number of amides is 1. The summed E-state index contributed by atoms with van der Waals surface area (Å²) in [6.07, 6.45) is 5.03. The highest BCUT2D eigenvalue weighted by Crippen LogP contribution is 2.21. The zero-order valence-corrected chi connectivity index (χ0v) is 15.5. The summed E-state index contributed by atoms with van der Waals surface area (Å²) < 4.78 is 5.33. The minimum Gasteiger partial charge on any atom is -0.444 e. The summed E-state index contributed by atoms with van der Waals surface area (Å²) in [6.45, 7) is 7.91. The van der Waals surface area contributed by atoms with Crippen molar-refractivity contribution in [1.29, 1.82) is 0 Å². The van der Waals surface area contributed by atoms with Gasteiger partial charge in [0.05, 0.1) is 0 Å². The molecule has 0 radical (unpaired) electrons. The molecule has 0 spiro atoms. The summed E-state index contributed by atoms with van der Waals surface area (Å²) in [5, 5.41) is 6.70. The first-order valence-corrected chi connectivity index (χ1v) is 9.11. The average Bonchev–Trinajstić information content (AvgIpc) is 2.91. The Morgan fingerprint density at radius 3 is 2.54 bits per heavy atom. The molecule has 0 heterocycles. The van der Waals surface area contributed by atoms with Gasteiger partial charge in [0, 0.05) is 18.1 Å². The summed E-state index contributed by atoms with van der Waals surface area (Å²) in [5.41, 5.74) is 0.953. The highest BCUT2D eigenvalue weighted by Gasteiger charge is 2.28. The molecular weight excluding hydrogens is 300 g/mol. The summed E-state index contributed by atoms with van der Waals surface area (Å²) in [4.78, 5) is 11.8. The van der Waals surface area contributed by atoms with Crippen molar-refractivity contribution in [1.82, 2.24) is 10.6 Å². The van der Waals surface area contributed by atoms with Crippen LogP contribution in [-0.4, -0.2) is 29.8 Å². The maximum Gasteiger partial charge on any atom is 0.407 e. The van der Waals surface area contributed by atoms with Crippen molar-refractivity contribution in [3.63, 3.8) is 0 Å². The van der Waals surface area contributed by atoms with Crippen molar-refractivity contribution >= 4 is 6.09 Å². The number of hydrogen-bond donors (Lipinski definition) is 2. The van der Waals surface area contributed by atoms with E-state index >= 15 is 0 Å². The molecule has 2 N–H and O–H groups in total. The Hall–Kier alpha value is -1.55. The molecule has 3 atom stereocenters. The lowest BCUT2D eigenvalue weighted by Gasteiger charge is -2.22. The van der Waals surface area contributed by atoms with E-state index in [1.807, 2.05) is 20.8 Å². The standard InChI is InChI=1S/C20H32N2O2/c1-15(10-11-16-8-6-5-7-9-16)21-17-12-13-18(14-17)22-19(23)24-20(2,3)4/h5-9,15,17-18,21H,10-14H2,1-4H3,(H,22,23). The number of aryl methyl sites for hydroxylation is 1. The topological polar surface area (TPSA) is 50.4 Å². The highest BCUT2D eigenvalue weighted by molar-refractivity contribution is 5.68. The Morgan fingerprint density at radius 2 is 1.88 bits per heavy atom. The average molecular weight is 332 g/mol. The maximum atomic E-state index is 11.8. The summed E-state index contributed by atoms with van der Waals surface area (Å²) >= 11 is 0. The molecule has 1 aliphatic carbocycles. The molecule has 4 heteroatoms. The van der Waals surface area contributed by atoms with Crippen molar-refractivity contribution in [3.8, 4) is 0 Å². The van der Waals surface area contributed by atoms with E-state index in [4.69, 9.17) is 4.74 Å². The van der Waals surface area contributed by atoms with Gasteiger partial charge in [-0.25, -0.2) is 4.79 Å². The number of ether oxygens (including phenoxy) is 1. The molecule has 134 valence electrons. The molecule has 0 bridgehead atoms. The normalized spacial score (nSPS) is 22.2. The Morgan fingerprint density at radius 1 is 1.21 bits per heavy atom. The zero-order chi connectivity index (χ0) is 17.6. The number of alkyl carbamates (subject to hydrolysis) is 1. The Kier molecular flexibility index (Phi) is 6.67. The van der Waals surface area contributed by atoms with Crippen LogP contribution in [0.5, 0.6) is 0 Å². The van der Waals surface area contributed by atoms with E-state index in [0.29, 0.717) is 12.1 Å². The first-order chi connectivity index (χ1) is 11.3. The fourth-order valence-corrected chi connectivity index (χ4v) is 3.25. The van der Waals surface area contributed by atoms with E-state index < -0.39 is 5.60 Å². The number of nitrogens with one attached hydrogen (secondary N) is 2. The monoisotopic (exact) mass is 332 g/mol. The van der Waals surface area contributed by atoms with Crippen molar-refractivity contribution in [3.05, 3.63) is 35.9 Å². The van der Waals surface area contributed by atoms with Gasteiger partial charge in [-0.05, 0) is 65.4 Å². The Bertz CT molecular complexity index is 510. The smallest absolute Gasteiger partial charge is 0.407 e. The van der Waals surface area contributed by atoms with Gasteiger partial charge in [0.2, 0.25) is 0 Å². The lowest BCUT2D eigenvalue weighted by atomic mass is 10.1. The van der Waals surface area contributed by atoms with Gasteiger partial charge in [0.15, 0.2) is 0 Å². The fourth-order valence-electron chi connectivity index (χ4n) is 3.25. The molecule has 0 saturated heterocycles. The number of carbonyl (C=O) groups excluding carboxylic acids is 1. The molecule has 1 aromatic carbocycles. The molecule has 24 heavy (non-hydrogen) atoms. The highest BCUT2D eigenvalue weighted by atomic mass is 16.6. The van der Waals surface area contributed by atoms with Crippen molar-refractivity contribution < 1.29 is 9.53 Å². The second-order valence-electron chi connectivity index (χ2n) is 7.95. The molecule has 2 rings (SSSR count). The van der Waals surface area contributed by atoms with Crippen LogP contribution in [0.2, 0.25) is 0 Å². The first-order valence-electron chi connectivity index (χ1n) is 9.11. The third-order valence-corrected chi connectivity index (χ3v) is 4.38. The molecular formula is C20H32N2O2. The third kappa shape index (κ3) is 6.91. The molecule has 0 aromatic heterocycles. The van der Waals surface area contributed by atoms with Crippen molar-refractivity contribution in [2.75, 3.05) is 0 Å². The predicted molar refractivity (Wildman–Crippen MR) is 98.2 cm³/mol. The van der Waals surface area contributed by atoms with E-state index in [1.54, 1.807) is 0 Å². The van der Waals surface area contributed by atoms with Gasteiger partial charge in [0.25, 0.3) is 0 Å². The second kappa shape index (κ2) is 8.52. The third-order valence-electron chi connectivity index (χ3n) is 4.38. The molecule has 3 unspecified atom stereocenters. The van der Waals surface area contributed by atoms with E-state index in [2.05, 4.69) is 47.9 Å². The first kappa shape index (κ1) is 18.8. The number of carbonyl (C=O) groups is 1. The molecule has 1 amide bonds. The van der Waals surface area contributed by atoms with Crippen LogP contribution in [0.1, 0.15) is 58.9 Å². The van der Waals surface area contributed by atoms with Gasteiger partial charge < -0.3 is 15.4 Å². The summed E-state index contributed by atoms with van der Waals surface area (Å²) in [5.74, 6) is 0. The largest absolute Gasteiger partial charge is 0.444 e. The summed E-state index contributed by atoms with van der Waals surface area (Å²) in [6, 6.07) is 11.8. The van der Waals surface area contributed by atoms with Gasteiger partial charge in [-0.2, -0.15) is 0 Å². The SMILES string of the molecule is CC(CCc1ccccc1)NC1CCC(NC(=O)OC(C)(C)C)C1. The van der Waals surface area contributed by atoms with Crippen LogP contribution in [0.15, 0.2) is 30.3 Å². The molecule has 1 fully saturated rings. The maximum absolute atomic E-state index is 11.8.